The molecule has 0 fully saturated rings. The van der Waals surface area contributed by atoms with Crippen molar-refractivity contribution >= 4 is 38.4 Å². The Morgan fingerprint density at radius 2 is 1.78 bits per heavy atom. The Morgan fingerprint density at radius 3 is 2.44 bits per heavy atom. The van der Waals surface area contributed by atoms with E-state index in [2.05, 4.69) is 4.72 Å². The van der Waals surface area contributed by atoms with Gasteiger partial charge in [-0.1, -0.05) is 0 Å². The quantitative estimate of drug-likeness (QED) is 0.309. The Bertz CT molecular complexity index is 1330. The number of hydrogen-bond acceptors (Lipinski definition) is 8. The number of carbonyl (C=O) groups is 2. The number of aryl methyl sites for hydroxylation is 1. The topological polar surface area (TPSA) is 129 Å². The third kappa shape index (κ3) is 5.94. The first-order valence-electron chi connectivity index (χ1n) is 9.51. The molecule has 0 aliphatic carbocycles. The Morgan fingerprint density at radius 1 is 1.09 bits per heavy atom. The predicted octanol–water partition coefficient (Wildman–Crippen LogP) is 2.67. The first kappa shape index (κ1) is 23.0. The van der Waals surface area contributed by atoms with Crippen molar-refractivity contribution in [3.8, 4) is 5.75 Å². The van der Waals surface area contributed by atoms with E-state index in [0.29, 0.717) is 17.0 Å². The Hall–Kier alpha value is -3.66. The first-order valence-corrected chi connectivity index (χ1v) is 11.4. The average molecular weight is 459 g/mol. The second-order valence-electron chi connectivity index (χ2n) is 7.14. The molecular weight excluding hydrogens is 438 g/mol. The number of nitrogens with one attached hydrogen (secondary N) is 1. The van der Waals surface area contributed by atoms with Gasteiger partial charge in [0.1, 0.15) is 11.3 Å². The smallest absolute Gasteiger partial charge is 0.344 e. The summed E-state index contributed by atoms with van der Waals surface area (Å²) in [5.41, 5.74) is 1.17. The number of Topliss-reactive ketones (excluding diaryl/α,β-unsaturated/α-hetero) is 1. The normalized spacial score (nSPS) is 12.2. The molecule has 10 heteroatoms. The van der Waals surface area contributed by atoms with Gasteiger partial charge in [-0.3, -0.25) is 9.52 Å². The first-order chi connectivity index (χ1) is 15.0. The molecule has 1 atom stereocenters. The molecule has 0 saturated heterocycles. The number of rotatable bonds is 8. The summed E-state index contributed by atoms with van der Waals surface area (Å²) < 4.78 is 40.4. The van der Waals surface area contributed by atoms with Crippen LogP contribution in [0.1, 0.15) is 22.8 Å². The fourth-order valence-electron chi connectivity index (χ4n) is 2.97. The summed E-state index contributed by atoms with van der Waals surface area (Å²) in [6, 6.07) is 12.0. The van der Waals surface area contributed by atoms with Crippen molar-refractivity contribution in [1.29, 1.82) is 0 Å². The molecule has 0 bridgehead atoms. The number of hydrogen-bond donors (Lipinski definition) is 1. The maximum atomic E-state index is 12.5. The molecule has 1 unspecified atom stereocenters. The highest BCUT2D eigenvalue weighted by molar-refractivity contribution is 7.92. The Labute approximate surface area is 184 Å². The van der Waals surface area contributed by atoms with Crippen LogP contribution in [0.15, 0.2) is 57.7 Å². The van der Waals surface area contributed by atoms with Gasteiger partial charge in [0, 0.05) is 28.8 Å². The van der Waals surface area contributed by atoms with Gasteiger partial charge in [-0.2, -0.15) is 0 Å². The fraction of sp³-hybridized carbons (Fsp3) is 0.227. The molecule has 1 aromatic heterocycles. The van der Waals surface area contributed by atoms with E-state index in [9.17, 15) is 22.8 Å². The van der Waals surface area contributed by atoms with Crippen molar-refractivity contribution in [3.63, 3.8) is 0 Å². The highest BCUT2D eigenvalue weighted by Gasteiger charge is 2.20. The molecule has 1 N–H and O–H groups in total. The molecule has 2 aromatic carbocycles. The average Bonchev–Trinajstić information content (AvgIpc) is 2.70. The highest BCUT2D eigenvalue weighted by atomic mass is 32.2. The number of fused-ring (bicyclic) bond motifs is 1. The second-order valence-corrected chi connectivity index (χ2v) is 8.89. The molecular formula is C22H21NO8S. The molecule has 0 aliphatic heterocycles. The van der Waals surface area contributed by atoms with Crippen LogP contribution >= 0.6 is 0 Å². The van der Waals surface area contributed by atoms with Gasteiger partial charge in [0.05, 0.1) is 6.26 Å². The van der Waals surface area contributed by atoms with Gasteiger partial charge in [0.25, 0.3) is 0 Å². The minimum atomic E-state index is -3.43. The van der Waals surface area contributed by atoms with Crippen LogP contribution < -0.4 is 15.1 Å². The van der Waals surface area contributed by atoms with Crippen molar-refractivity contribution in [1.82, 2.24) is 0 Å². The summed E-state index contributed by atoms with van der Waals surface area (Å²) in [7, 11) is -3.43. The Kier molecular flexibility index (Phi) is 6.64. The number of sulfonamides is 1. The Balaban J connectivity index is 1.58. The molecule has 0 spiro atoms. The lowest BCUT2D eigenvalue weighted by Gasteiger charge is -2.13. The van der Waals surface area contributed by atoms with Gasteiger partial charge in [-0.25, -0.2) is 18.0 Å². The summed E-state index contributed by atoms with van der Waals surface area (Å²) in [5, 5.41) is 0.747. The number of esters is 1. The number of ether oxygens (including phenoxy) is 2. The van der Waals surface area contributed by atoms with E-state index in [0.717, 1.165) is 17.2 Å². The van der Waals surface area contributed by atoms with E-state index in [1.165, 1.54) is 43.3 Å². The largest absolute Gasteiger partial charge is 0.482 e. The van der Waals surface area contributed by atoms with E-state index < -0.39 is 40.1 Å². The van der Waals surface area contributed by atoms with Crippen LogP contribution in [0.25, 0.3) is 11.0 Å². The third-order valence-electron chi connectivity index (χ3n) is 4.43. The lowest BCUT2D eigenvalue weighted by atomic mass is 10.1. The van der Waals surface area contributed by atoms with Gasteiger partial charge >= 0.3 is 11.6 Å². The molecule has 9 nitrogen and oxygen atoms in total. The zero-order chi connectivity index (χ0) is 23.5. The van der Waals surface area contributed by atoms with Crippen molar-refractivity contribution in [2.75, 3.05) is 17.6 Å². The molecule has 1 heterocycles. The molecule has 0 radical (unpaired) electrons. The third-order valence-corrected chi connectivity index (χ3v) is 5.04. The van der Waals surface area contributed by atoms with Gasteiger partial charge in [0.15, 0.2) is 12.7 Å². The maximum absolute atomic E-state index is 12.5. The summed E-state index contributed by atoms with van der Waals surface area (Å²) in [6.07, 6.45) is -0.0538. The van der Waals surface area contributed by atoms with E-state index >= 15 is 0 Å². The highest BCUT2D eigenvalue weighted by Crippen LogP contribution is 2.22. The van der Waals surface area contributed by atoms with E-state index in [-0.39, 0.29) is 5.56 Å². The summed E-state index contributed by atoms with van der Waals surface area (Å²) >= 11 is 0. The lowest BCUT2D eigenvalue weighted by Crippen LogP contribution is -2.27. The van der Waals surface area contributed by atoms with Crippen molar-refractivity contribution < 1.29 is 31.9 Å². The summed E-state index contributed by atoms with van der Waals surface area (Å²) in [6.45, 7) is 2.76. The number of anilines is 1. The van der Waals surface area contributed by atoms with E-state index in [4.69, 9.17) is 13.9 Å². The molecule has 3 aromatic rings. The standard InChI is InChI=1S/C22H21NO8S/c1-13-10-20(24)31-19-11-17(8-9-18(13)19)29-12-21(25)30-14(2)22(26)15-4-6-16(7-5-15)23-32(3,27)28/h4-11,14,23H,12H2,1-3H3. The number of ketones is 1. The summed E-state index contributed by atoms with van der Waals surface area (Å²) in [4.78, 5) is 36.1. The monoisotopic (exact) mass is 459 g/mol. The molecule has 32 heavy (non-hydrogen) atoms. The molecule has 0 aliphatic rings. The van der Waals surface area contributed by atoms with Crippen molar-refractivity contribution in [2.45, 2.75) is 20.0 Å². The van der Waals surface area contributed by atoms with E-state index in [1.54, 1.807) is 19.1 Å². The molecule has 0 saturated carbocycles. The number of carbonyl (C=O) groups excluding carboxylic acids is 2. The molecule has 168 valence electrons. The molecule has 3 rings (SSSR count). The van der Waals surface area contributed by atoms with Crippen molar-refractivity contribution in [2.24, 2.45) is 0 Å². The van der Waals surface area contributed by atoms with Crippen LogP contribution in [0.3, 0.4) is 0 Å². The minimum absolute atomic E-state index is 0.255. The summed E-state index contributed by atoms with van der Waals surface area (Å²) in [5.74, 6) is -0.907. The van der Waals surface area contributed by atoms with Crippen molar-refractivity contribution in [3.05, 3.63) is 70.1 Å². The SMILES string of the molecule is Cc1cc(=O)oc2cc(OCC(=O)OC(C)C(=O)c3ccc(NS(C)(=O)=O)cc3)ccc12. The second kappa shape index (κ2) is 9.23. The van der Waals surface area contributed by atoms with Crippen LogP contribution in [-0.4, -0.2) is 39.1 Å². The molecule has 0 amide bonds. The fourth-order valence-corrected chi connectivity index (χ4v) is 3.54. The minimum Gasteiger partial charge on any atom is -0.482 e. The maximum Gasteiger partial charge on any atom is 0.344 e. The van der Waals surface area contributed by atoms with Crippen LogP contribution in [-0.2, 0) is 19.6 Å². The van der Waals surface area contributed by atoms with Crippen LogP contribution in [0.5, 0.6) is 5.75 Å². The van der Waals surface area contributed by atoms with Crippen LogP contribution in [0, 0.1) is 6.92 Å². The number of benzene rings is 2. The van der Waals surface area contributed by atoms with Gasteiger partial charge in [-0.15, -0.1) is 0 Å². The van der Waals surface area contributed by atoms with Crippen LogP contribution in [0.4, 0.5) is 5.69 Å². The van der Waals surface area contributed by atoms with Crippen LogP contribution in [0.2, 0.25) is 0 Å². The van der Waals surface area contributed by atoms with E-state index in [1.807, 2.05) is 0 Å². The van der Waals surface area contributed by atoms with Gasteiger partial charge in [0.2, 0.25) is 15.8 Å². The zero-order valence-electron chi connectivity index (χ0n) is 17.6. The van der Waals surface area contributed by atoms with Gasteiger partial charge in [-0.05, 0) is 55.8 Å². The zero-order valence-corrected chi connectivity index (χ0v) is 18.4. The predicted molar refractivity (Wildman–Crippen MR) is 118 cm³/mol. The lowest BCUT2D eigenvalue weighted by molar-refractivity contribution is -0.148. The van der Waals surface area contributed by atoms with Gasteiger partial charge < -0.3 is 13.9 Å².